The fourth-order valence-electron chi connectivity index (χ4n) is 4.76. The third kappa shape index (κ3) is 7.22. The lowest BCUT2D eigenvalue weighted by atomic mass is 9.88. The van der Waals surface area contributed by atoms with Crippen LogP contribution in [-0.4, -0.2) is 142 Å². The first-order valence-electron chi connectivity index (χ1n) is 12.5. The van der Waals surface area contributed by atoms with Crippen LogP contribution in [0.3, 0.4) is 0 Å². The van der Waals surface area contributed by atoms with Gasteiger partial charge in [-0.1, -0.05) is 0 Å². The van der Waals surface area contributed by atoms with E-state index >= 15 is 0 Å². The molecule has 38 heavy (non-hydrogen) atoms. The molecule has 2 saturated heterocycles. The SMILES string of the molecule is NCC[C@H](OC1C[C@H](O[C@H]2O[C@H](CO)[C@@H](O)CC2=O)[C@@H](O)[C@H](O[C@H]2O[C@H](CN)[C@@H](O)[C@H](O)[C@H]2O)C1)C(N)=O. The quantitative estimate of drug-likeness (QED) is 0.115. The van der Waals surface area contributed by atoms with Gasteiger partial charge in [0.25, 0.3) is 0 Å². The van der Waals surface area contributed by atoms with Gasteiger partial charge >= 0.3 is 0 Å². The first kappa shape index (κ1) is 31.2. The van der Waals surface area contributed by atoms with Gasteiger partial charge in [0.05, 0.1) is 31.0 Å². The number of rotatable bonds is 11. The number of primary amides is 1. The van der Waals surface area contributed by atoms with Gasteiger partial charge in [0.15, 0.2) is 12.1 Å². The number of Topliss-reactive ketones (excluding diaryl/α,β-unsaturated/α-hetero) is 1. The van der Waals surface area contributed by atoms with Crippen molar-refractivity contribution in [1.29, 1.82) is 0 Å². The summed E-state index contributed by atoms with van der Waals surface area (Å²) in [5, 5.41) is 61.0. The number of aliphatic hydroxyl groups is 6. The van der Waals surface area contributed by atoms with Crippen molar-refractivity contribution in [2.45, 2.75) is 105 Å². The average molecular weight is 554 g/mol. The Morgan fingerprint density at radius 2 is 1.61 bits per heavy atom. The molecule has 0 bridgehead atoms. The number of amides is 1. The van der Waals surface area contributed by atoms with E-state index in [0.717, 1.165) is 0 Å². The third-order valence-electron chi connectivity index (χ3n) is 6.94. The Labute approximate surface area is 218 Å². The molecular formula is C22H39N3O13. The fraction of sp³-hybridized carbons (Fsp3) is 0.909. The molecule has 16 nitrogen and oxygen atoms in total. The van der Waals surface area contributed by atoms with Gasteiger partial charge in [-0.05, 0) is 13.0 Å². The second-order valence-corrected chi connectivity index (χ2v) is 9.71. The molecule has 220 valence electrons. The molecule has 13 atom stereocenters. The highest BCUT2D eigenvalue weighted by molar-refractivity contribution is 5.83. The Balaban J connectivity index is 1.79. The maximum absolute atomic E-state index is 12.4. The molecule has 16 heteroatoms. The van der Waals surface area contributed by atoms with Crippen LogP contribution < -0.4 is 17.2 Å². The standard InChI is InChI=1S/C22H39N3O13/c23-2-1-11(20(25)33)34-8-3-12(35-21-10(28)5-9(27)15(7-26)38-21)16(29)13(4-8)36-22-19(32)18(31)17(30)14(6-24)37-22/h8-9,11-19,21-22,26-27,29-32H,1-7,23-24H2,(H2,25,33)/t8?,9-,11-,12-,13+,14+,15+,16+,17+,18-,19+,21-,22-/m0/s1. The predicted octanol–water partition coefficient (Wildman–Crippen LogP) is -5.70. The van der Waals surface area contributed by atoms with Crippen molar-refractivity contribution in [2.24, 2.45) is 17.2 Å². The van der Waals surface area contributed by atoms with Gasteiger partial charge in [0, 0.05) is 25.8 Å². The number of nitrogens with two attached hydrogens (primary N) is 3. The number of ketones is 1. The summed E-state index contributed by atoms with van der Waals surface area (Å²) in [7, 11) is 0. The van der Waals surface area contributed by atoms with E-state index in [0.29, 0.717) is 0 Å². The van der Waals surface area contributed by atoms with Crippen molar-refractivity contribution in [2.75, 3.05) is 19.7 Å². The molecule has 0 spiro atoms. The number of carbonyl (C=O) groups excluding carboxylic acids is 2. The zero-order chi connectivity index (χ0) is 28.1. The Hall–Kier alpha value is -1.38. The number of hydrogen-bond donors (Lipinski definition) is 9. The van der Waals surface area contributed by atoms with E-state index in [1.165, 1.54) is 0 Å². The van der Waals surface area contributed by atoms with Crippen LogP contribution in [-0.2, 0) is 33.3 Å². The van der Waals surface area contributed by atoms with Gasteiger partial charge in [-0.2, -0.15) is 0 Å². The van der Waals surface area contributed by atoms with Crippen molar-refractivity contribution in [3.8, 4) is 0 Å². The topological polar surface area (TPSA) is 280 Å². The van der Waals surface area contributed by atoms with E-state index in [1.807, 2.05) is 0 Å². The van der Waals surface area contributed by atoms with Crippen LogP contribution in [0, 0.1) is 0 Å². The monoisotopic (exact) mass is 553 g/mol. The lowest BCUT2D eigenvalue weighted by molar-refractivity contribution is -0.325. The molecule has 1 amide bonds. The Morgan fingerprint density at radius 1 is 0.947 bits per heavy atom. The van der Waals surface area contributed by atoms with E-state index in [-0.39, 0.29) is 38.8 Å². The summed E-state index contributed by atoms with van der Waals surface area (Å²) in [5.74, 6) is -1.39. The lowest BCUT2D eigenvalue weighted by Crippen LogP contribution is -2.62. The molecule has 2 aliphatic heterocycles. The lowest BCUT2D eigenvalue weighted by Gasteiger charge is -2.45. The molecule has 1 unspecified atom stereocenters. The molecular weight excluding hydrogens is 514 g/mol. The molecule has 1 saturated carbocycles. The minimum absolute atomic E-state index is 0.0459. The summed E-state index contributed by atoms with van der Waals surface area (Å²) in [6.07, 6.45) is -17.3. The largest absolute Gasteiger partial charge is 0.394 e. The van der Waals surface area contributed by atoms with Crippen molar-refractivity contribution in [3.63, 3.8) is 0 Å². The summed E-state index contributed by atoms with van der Waals surface area (Å²) < 4.78 is 28.2. The van der Waals surface area contributed by atoms with Crippen LogP contribution >= 0.6 is 0 Å². The van der Waals surface area contributed by atoms with E-state index in [4.69, 9.17) is 40.9 Å². The third-order valence-corrected chi connectivity index (χ3v) is 6.94. The van der Waals surface area contributed by atoms with Crippen LogP contribution in [0.25, 0.3) is 0 Å². The molecule has 12 N–H and O–H groups in total. The highest BCUT2D eigenvalue weighted by atomic mass is 16.7. The summed E-state index contributed by atoms with van der Waals surface area (Å²) in [5.41, 5.74) is 16.5. The van der Waals surface area contributed by atoms with Crippen LogP contribution in [0.4, 0.5) is 0 Å². The number of carbonyl (C=O) groups is 2. The zero-order valence-electron chi connectivity index (χ0n) is 20.7. The molecule has 0 aromatic heterocycles. The zero-order valence-corrected chi connectivity index (χ0v) is 20.7. The first-order valence-corrected chi connectivity index (χ1v) is 12.5. The number of aliphatic hydroxyl groups excluding tert-OH is 6. The summed E-state index contributed by atoms with van der Waals surface area (Å²) in [6, 6.07) is 0. The molecule has 3 aliphatic rings. The molecule has 3 rings (SSSR count). The Kier molecular flexibility index (Phi) is 11.3. The Morgan fingerprint density at radius 3 is 2.18 bits per heavy atom. The maximum Gasteiger partial charge on any atom is 0.246 e. The molecule has 0 radical (unpaired) electrons. The van der Waals surface area contributed by atoms with Crippen LogP contribution in [0.1, 0.15) is 25.7 Å². The van der Waals surface area contributed by atoms with Gasteiger partial charge in [-0.25, -0.2) is 0 Å². The minimum atomic E-state index is -1.70. The van der Waals surface area contributed by atoms with Gasteiger partial charge in [0.1, 0.15) is 42.7 Å². The number of ether oxygens (including phenoxy) is 5. The normalized spacial score (nSPS) is 43.1. The highest BCUT2D eigenvalue weighted by Gasteiger charge is 2.49. The van der Waals surface area contributed by atoms with Gasteiger partial charge in [0.2, 0.25) is 12.2 Å². The van der Waals surface area contributed by atoms with Crippen LogP contribution in [0.15, 0.2) is 0 Å². The average Bonchev–Trinajstić information content (AvgIpc) is 2.87. The summed E-state index contributed by atoms with van der Waals surface area (Å²) >= 11 is 0. The maximum atomic E-state index is 12.4. The predicted molar refractivity (Wildman–Crippen MR) is 124 cm³/mol. The number of hydrogen-bond acceptors (Lipinski definition) is 15. The van der Waals surface area contributed by atoms with Crippen molar-refractivity contribution < 1.29 is 63.9 Å². The van der Waals surface area contributed by atoms with Gasteiger partial charge in [-0.15, -0.1) is 0 Å². The second kappa shape index (κ2) is 13.8. The molecule has 3 fully saturated rings. The highest BCUT2D eigenvalue weighted by Crippen LogP contribution is 2.33. The van der Waals surface area contributed by atoms with Crippen molar-refractivity contribution >= 4 is 11.7 Å². The molecule has 1 aliphatic carbocycles. The molecule has 0 aromatic carbocycles. The van der Waals surface area contributed by atoms with Crippen molar-refractivity contribution in [1.82, 2.24) is 0 Å². The first-order chi connectivity index (χ1) is 18.0. The van der Waals surface area contributed by atoms with E-state index in [9.17, 15) is 40.2 Å². The van der Waals surface area contributed by atoms with E-state index in [1.54, 1.807) is 0 Å². The van der Waals surface area contributed by atoms with Crippen LogP contribution in [0.2, 0.25) is 0 Å². The molecule has 2 heterocycles. The van der Waals surface area contributed by atoms with Crippen LogP contribution in [0.5, 0.6) is 0 Å². The van der Waals surface area contributed by atoms with Gasteiger partial charge in [-0.3, -0.25) is 9.59 Å². The minimum Gasteiger partial charge on any atom is -0.394 e. The van der Waals surface area contributed by atoms with E-state index in [2.05, 4.69) is 0 Å². The van der Waals surface area contributed by atoms with E-state index < -0.39 is 98.0 Å². The summed E-state index contributed by atoms with van der Waals surface area (Å²) in [4.78, 5) is 24.3. The van der Waals surface area contributed by atoms with Gasteiger partial charge < -0.3 is 71.5 Å². The fourth-order valence-corrected chi connectivity index (χ4v) is 4.76. The second-order valence-electron chi connectivity index (χ2n) is 9.71. The Bertz CT molecular complexity index is 792. The van der Waals surface area contributed by atoms with Crippen molar-refractivity contribution in [3.05, 3.63) is 0 Å². The summed E-state index contributed by atoms with van der Waals surface area (Å²) in [6.45, 7) is -0.680. The smallest absolute Gasteiger partial charge is 0.246 e. The molecule has 0 aromatic rings.